The Kier molecular flexibility index (Phi) is 4.95. The molecule has 2 aliphatic heterocycles. The summed E-state index contributed by atoms with van der Waals surface area (Å²) < 4.78 is 5.04. The number of hydrogen-bond donors (Lipinski definition) is 2. The number of methoxy groups -OCH3 is 1. The summed E-state index contributed by atoms with van der Waals surface area (Å²) in [5, 5.41) is 11.8. The van der Waals surface area contributed by atoms with Gasteiger partial charge in [-0.15, -0.1) is 0 Å². The van der Waals surface area contributed by atoms with Crippen LogP contribution in [0.5, 0.6) is 0 Å². The van der Waals surface area contributed by atoms with E-state index < -0.39 is 6.10 Å². The first-order valence-corrected chi connectivity index (χ1v) is 9.76. The highest BCUT2D eigenvalue weighted by molar-refractivity contribution is 5.85. The molecule has 2 N–H and O–H groups in total. The predicted octanol–water partition coefficient (Wildman–Crippen LogP) is -0.349. The van der Waals surface area contributed by atoms with Crippen LogP contribution in [0.3, 0.4) is 0 Å². The number of para-hydroxylation sites is 1. The SMILES string of the molecule is COC(=O)C1[C@H]2C[C@H]3c4[nH]c5ccccc5c4CCN3C[C@H]2CC[C@@H]1O.[Cl-]. The summed E-state index contributed by atoms with van der Waals surface area (Å²) in [5.74, 6) is 0.0541. The second kappa shape index (κ2) is 7.12. The lowest BCUT2D eigenvalue weighted by molar-refractivity contribution is -0.160. The number of aliphatic hydroxyl groups excluding tert-OH is 1. The molecule has 2 fully saturated rings. The third kappa shape index (κ3) is 2.87. The van der Waals surface area contributed by atoms with Crippen LogP contribution in [-0.2, 0) is 16.0 Å². The molecule has 1 unspecified atom stereocenters. The summed E-state index contributed by atoms with van der Waals surface area (Å²) in [5.41, 5.74) is 3.96. The minimum atomic E-state index is -0.568. The minimum absolute atomic E-state index is 0. The Hall–Kier alpha value is -1.56. The first kappa shape index (κ1) is 18.8. The van der Waals surface area contributed by atoms with Crippen molar-refractivity contribution in [3.63, 3.8) is 0 Å². The van der Waals surface area contributed by atoms with E-state index in [0.29, 0.717) is 18.4 Å². The van der Waals surface area contributed by atoms with Gasteiger partial charge >= 0.3 is 5.97 Å². The molecule has 1 aromatic carbocycles. The van der Waals surface area contributed by atoms with Gasteiger partial charge in [0.2, 0.25) is 0 Å². The molecule has 2 aromatic rings. The van der Waals surface area contributed by atoms with Gasteiger partial charge in [-0.3, -0.25) is 9.69 Å². The lowest BCUT2D eigenvalue weighted by atomic mass is 9.65. The van der Waals surface area contributed by atoms with E-state index in [9.17, 15) is 9.90 Å². The monoisotopic (exact) mass is 389 g/mol. The number of rotatable bonds is 1. The molecule has 5 atom stereocenters. The van der Waals surface area contributed by atoms with E-state index in [-0.39, 0.29) is 30.2 Å². The molecule has 3 aliphatic rings. The molecule has 27 heavy (non-hydrogen) atoms. The Morgan fingerprint density at radius 1 is 1.30 bits per heavy atom. The number of aromatic amines is 1. The van der Waals surface area contributed by atoms with Crippen LogP contribution >= 0.6 is 0 Å². The van der Waals surface area contributed by atoms with Gasteiger partial charge in [-0.2, -0.15) is 0 Å². The van der Waals surface area contributed by atoms with Crippen molar-refractivity contribution < 1.29 is 27.0 Å². The Balaban J connectivity index is 0.00000180. The van der Waals surface area contributed by atoms with Crippen LogP contribution in [0.15, 0.2) is 24.3 Å². The highest BCUT2D eigenvalue weighted by Gasteiger charge is 2.49. The highest BCUT2D eigenvalue weighted by atomic mass is 35.5. The van der Waals surface area contributed by atoms with Crippen LogP contribution in [0.4, 0.5) is 0 Å². The Labute approximate surface area is 165 Å². The maximum absolute atomic E-state index is 12.4. The van der Waals surface area contributed by atoms with E-state index in [1.54, 1.807) is 0 Å². The molecule has 1 saturated carbocycles. The van der Waals surface area contributed by atoms with Gasteiger partial charge < -0.3 is 27.2 Å². The number of hydrogen-bond acceptors (Lipinski definition) is 4. The number of benzene rings is 1. The van der Waals surface area contributed by atoms with E-state index in [1.165, 1.54) is 29.3 Å². The highest BCUT2D eigenvalue weighted by Crippen LogP contribution is 2.49. The van der Waals surface area contributed by atoms with Crippen molar-refractivity contribution in [2.24, 2.45) is 17.8 Å². The molecule has 5 rings (SSSR count). The number of nitrogens with zero attached hydrogens (tertiary/aromatic N) is 1. The molecule has 146 valence electrons. The molecule has 0 bridgehead atoms. The second-order valence-electron chi connectivity index (χ2n) is 8.18. The number of fused-ring (bicyclic) bond motifs is 6. The van der Waals surface area contributed by atoms with Crippen molar-refractivity contribution in [2.75, 3.05) is 20.2 Å². The summed E-state index contributed by atoms with van der Waals surface area (Å²) in [6, 6.07) is 8.83. The average molecular weight is 390 g/mol. The van der Waals surface area contributed by atoms with Gasteiger partial charge in [0.15, 0.2) is 0 Å². The summed E-state index contributed by atoms with van der Waals surface area (Å²) in [7, 11) is 1.43. The fourth-order valence-corrected chi connectivity index (χ4v) is 5.80. The molecule has 1 aromatic heterocycles. The normalized spacial score (nSPS) is 32.7. The Morgan fingerprint density at radius 2 is 2.11 bits per heavy atom. The summed E-state index contributed by atoms with van der Waals surface area (Å²) in [4.78, 5) is 18.6. The molecular weight excluding hydrogens is 364 g/mol. The minimum Gasteiger partial charge on any atom is -1.00 e. The zero-order valence-corrected chi connectivity index (χ0v) is 16.3. The van der Waals surface area contributed by atoms with Gasteiger partial charge in [0.1, 0.15) is 0 Å². The van der Waals surface area contributed by atoms with Crippen molar-refractivity contribution in [2.45, 2.75) is 37.8 Å². The first-order valence-electron chi connectivity index (χ1n) is 9.76. The molecule has 3 heterocycles. The number of H-pyrrole nitrogens is 1. The lowest BCUT2D eigenvalue weighted by Crippen LogP contribution is -3.00. The van der Waals surface area contributed by atoms with E-state index >= 15 is 0 Å². The number of aromatic nitrogens is 1. The number of carbonyl (C=O) groups excluding carboxylic acids is 1. The molecule has 0 spiro atoms. The van der Waals surface area contributed by atoms with Gasteiger partial charge in [-0.25, -0.2) is 0 Å². The zero-order valence-electron chi connectivity index (χ0n) is 15.5. The Morgan fingerprint density at radius 3 is 2.93 bits per heavy atom. The van der Waals surface area contributed by atoms with Crippen LogP contribution in [0.2, 0.25) is 0 Å². The molecular formula is C21H26ClN2O3-. The fraction of sp³-hybridized carbons (Fsp3) is 0.571. The average Bonchev–Trinajstić information content (AvgIpc) is 3.05. The van der Waals surface area contributed by atoms with Crippen LogP contribution in [-0.4, -0.2) is 47.3 Å². The van der Waals surface area contributed by atoms with Crippen molar-refractivity contribution in [3.8, 4) is 0 Å². The van der Waals surface area contributed by atoms with Crippen LogP contribution in [0.25, 0.3) is 10.9 Å². The number of halogens is 1. The molecule has 0 radical (unpaired) electrons. The maximum atomic E-state index is 12.4. The lowest BCUT2D eigenvalue weighted by Gasteiger charge is -2.50. The maximum Gasteiger partial charge on any atom is 0.311 e. The van der Waals surface area contributed by atoms with Gasteiger partial charge in [0.25, 0.3) is 0 Å². The van der Waals surface area contributed by atoms with E-state index in [1.807, 2.05) is 0 Å². The molecule has 6 heteroatoms. The van der Waals surface area contributed by atoms with Gasteiger partial charge in [0.05, 0.1) is 25.2 Å². The fourth-order valence-electron chi connectivity index (χ4n) is 5.80. The van der Waals surface area contributed by atoms with Crippen LogP contribution in [0, 0.1) is 17.8 Å². The summed E-state index contributed by atoms with van der Waals surface area (Å²) >= 11 is 0. The number of aliphatic hydroxyl groups is 1. The van der Waals surface area contributed by atoms with E-state index in [4.69, 9.17) is 4.74 Å². The molecule has 0 amide bonds. The quantitative estimate of drug-likeness (QED) is 0.654. The molecule has 1 aliphatic carbocycles. The van der Waals surface area contributed by atoms with E-state index in [2.05, 4.69) is 34.1 Å². The van der Waals surface area contributed by atoms with Crippen LogP contribution < -0.4 is 12.4 Å². The first-order chi connectivity index (χ1) is 12.7. The summed E-state index contributed by atoms with van der Waals surface area (Å²) in [6.45, 7) is 2.10. The van der Waals surface area contributed by atoms with Crippen molar-refractivity contribution in [3.05, 3.63) is 35.5 Å². The van der Waals surface area contributed by atoms with Crippen LogP contribution in [0.1, 0.15) is 36.6 Å². The van der Waals surface area contributed by atoms with Gasteiger partial charge in [0, 0.05) is 29.7 Å². The standard InChI is InChI=1S/C21H26N2O3.ClH/c1-26-21(25)19-15-10-17-20-14(13-4-2-3-5-16(13)22-20)8-9-23(17)11-12(15)6-7-18(19)24;/h2-5,12,15,17-19,22,24H,6-11H2,1H3;1H/p-1/t12-,15+,17+,18+,19?;/m1./s1. The summed E-state index contributed by atoms with van der Waals surface area (Å²) in [6.07, 6.45) is 3.14. The third-order valence-electron chi connectivity index (χ3n) is 7.02. The van der Waals surface area contributed by atoms with Gasteiger partial charge in [-0.05, 0) is 49.1 Å². The smallest absolute Gasteiger partial charge is 0.311 e. The van der Waals surface area contributed by atoms with Crippen molar-refractivity contribution in [1.82, 2.24) is 9.88 Å². The Bertz CT molecular complexity index is 851. The van der Waals surface area contributed by atoms with Crippen molar-refractivity contribution in [1.29, 1.82) is 0 Å². The number of esters is 1. The number of piperidine rings is 1. The zero-order chi connectivity index (χ0) is 17.8. The second-order valence-corrected chi connectivity index (χ2v) is 8.18. The predicted molar refractivity (Wildman–Crippen MR) is 98.7 cm³/mol. The van der Waals surface area contributed by atoms with Crippen molar-refractivity contribution >= 4 is 16.9 Å². The topological polar surface area (TPSA) is 65.6 Å². The van der Waals surface area contributed by atoms with Gasteiger partial charge in [-0.1, -0.05) is 18.2 Å². The molecule has 5 nitrogen and oxygen atoms in total. The van der Waals surface area contributed by atoms with E-state index in [0.717, 1.165) is 32.4 Å². The third-order valence-corrected chi connectivity index (χ3v) is 7.02. The molecule has 1 saturated heterocycles. The number of ether oxygens (including phenoxy) is 1. The number of nitrogens with one attached hydrogen (secondary N) is 1. The largest absolute Gasteiger partial charge is 1.00 e. The number of carbonyl (C=O) groups is 1.